The van der Waals surface area contributed by atoms with Crippen LogP contribution in [-0.2, 0) is 9.84 Å². The molecule has 0 unspecified atom stereocenters. The Hall–Kier alpha value is -2.12. The normalized spacial score (nSPS) is 20.1. The van der Waals surface area contributed by atoms with E-state index in [0.717, 1.165) is 29.7 Å². The van der Waals surface area contributed by atoms with Crippen LogP contribution in [0.15, 0.2) is 47.8 Å². The van der Waals surface area contributed by atoms with Crippen LogP contribution in [0.2, 0.25) is 5.02 Å². The van der Waals surface area contributed by atoms with Crippen LogP contribution in [0.4, 0.5) is 5.82 Å². The van der Waals surface area contributed by atoms with Gasteiger partial charge in [0.15, 0.2) is 9.84 Å². The van der Waals surface area contributed by atoms with Crippen molar-refractivity contribution < 1.29 is 8.42 Å². The Balaban J connectivity index is 1.44. The average molecular weight is 391 g/mol. The molecule has 1 aromatic carbocycles. The minimum Gasteiger partial charge on any atom is -0.356 e. The number of hydrogen-bond acceptors (Lipinski definition) is 5. The molecule has 0 aliphatic heterocycles. The Morgan fingerprint density at radius 1 is 1.23 bits per heavy atom. The summed E-state index contributed by atoms with van der Waals surface area (Å²) in [6, 6.07) is 8.85. The fraction of sp³-hybridized carbons (Fsp3) is 0.333. The smallest absolute Gasteiger partial charge is 0.180 e. The number of halogens is 1. The molecule has 2 heterocycles. The molecule has 0 saturated heterocycles. The maximum absolute atomic E-state index is 12.6. The first-order chi connectivity index (χ1) is 12.5. The second-order valence-corrected chi connectivity index (χ2v) is 9.16. The fourth-order valence-corrected chi connectivity index (χ4v) is 5.77. The number of sulfone groups is 1. The van der Waals surface area contributed by atoms with Gasteiger partial charge in [0, 0.05) is 19.3 Å². The standard InChI is InChI=1S/C18H19ClN4O2S/c1-23(18-14-6-7-20-17(14)21-11-22-18)13-8-12(9-13)10-26(24,25)16-5-3-2-4-15(16)19/h2-7,11-13H,8-10H2,1H3,(H,20,21,22)/t12-,13+. The summed E-state index contributed by atoms with van der Waals surface area (Å²) in [7, 11) is -1.37. The van der Waals surface area contributed by atoms with Gasteiger partial charge >= 0.3 is 0 Å². The van der Waals surface area contributed by atoms with E-state index >= 15 is 0 Å². The Morgan fingerprint density at radius 2 is 2.00 bits per heavy atom. The van der Waals surface area contributed by atoms with Crippen molar-refractivity contribution in [3.8, 4) is 0 Å². The van der Waals surface area contributed by atoms with Crippen LogP contribution < -0.4 is 4.90 Å². The van der Waals surface area contributed by atoms with Gasteiger partial charge in [-0.25, -0.2) is 18.4 Å². The minimum atomic E-state index is -3.37. The average Bonchev–Trinajstić information content (AvgIpc) is 3.06. The molecule has 6 nitrogen and oxygen atoms in total. The quantitative estimate of drug-likeness (QED) is 0.723. The van der Waals surface area contributed by atoms with E-state index in [1.165, 1.54) is 0 Å². The number of H-pyrrole nitrogens is 1. The molecule has 8 heteroatoms. The van der Waals surface area contributed by atoms with Crippen molar-refractivity contribution in [2.45, 2.75) is 23.8 Å². The third-order valence-electron chi connectivity index (χ3n) is 5.05. The highest BCUT2D eigenvalue weighted by atomic mass is 35.5. The van der Waals surface area contributed by atoms with Crippen LogP contribution in [0.25, 0.3) is 11.0 Å². The molecule has 3 aromatic rings. The SMILES string of the molecule is CN(c1ncnc2[nH]ccc12)[C@H]1C[C@@H](CS(=O)(=O)c2ccccc2Cl)C1. The van der Waals surface area contributed by atoms with Crippen molar-refractivity contribution >= 4 is 38.3 Å². The molecule has 1 aliphatic carbocycles. The first-order valence-corrected chi connectivity index (χ1v) is 10.5. The molecular weight excluding hydrogens is 372 g/mol. The van der Waals surface area contributed by atoms with E-state index in [9.17, 15) is 8.42 Å². The van der Waals surface area contributed by atoms with Gasteiger partial charge in [0.1, 0.15) is 17.8 Å². The highest BCUT2D eigenvalue weighted by Crippen LogP contribution is 2.37. The molecule has 4 rings (SSSR count). The molecule has 2 aromatic heterocycles. The third-order valence-corrected chi connectivity index (χ3v) is 7.43. The highest BCUT2D eigenvalue weighted by Gasteiger charge is 2.36. The zero-order valence-corrected chi connectivity index (χ0v) is 15.8. The maximum Gasteiger partial charge on any atom is 0.180 e. The lowest BCUT2D eigenvalue weighted by Crippen LogP contribution is -2.45. The Kier molecular flexibility index (Phi) is 4.36. The number of aromatic amines is 1. The van der Waals surface area contributed by atoms with Crippen LogP contribution in [0, 0.1) is 5.92 Å². The second kappa shape index (κ2) is 6.55. The van der Waals surface area contributed by atoms with Crippen LogP contribution in [0.3, 0.4) is 0 Å². The lowest BCUT2D eigenvalue weighted by molar-refractivity contribution is 0.282. The fourth-order valence-electron chi connectivity index (χ4n) is 3.56. The summed E-state index contributed by atoms with van der Waals surface area (Å²) < 4.78 is 25.2. The van der Waals surface area contributed by atoms with E-state index in [2.05, 4.69) is 19.9 Å². The summed E-state index contributed by atoms with van der Waals surface area (Å²) >= 11 is 6.05. The third kappa shape index (κ3) is 3.05. The van der Waals surface area contributed by atoms with Gasteiger partial charge in [-0.15, -0.1) is 0 Å². The summed E-state index contributed by atoms with van der Waals surface area (Å²) in [6.07, 6.45) is 5.02. The number of nitrogens with zero attached hydrogens (tertiary/aromatic N) is 3. The first-order valence-electron chi connectivity index (χ1n) is 8.44. The first kappa shape index (κ1) is 17.3. The predicted octanol–water partition coefficient (Wildman–Crippen LogP) is 3.30. The van der Waals surface area contributed by atoms with E-state index in [1.54, 1.807) is 30.6 Å². The van der Waals surface area contributed by atoms with Gasteiger partial charge in [0.2, 0.25) is 0 Å². The zero-order chi connectivity index (χ0) is 18.3. The topological polar surface area (TPSA) is 79.0 Å². The number of anilines is 1. The van der Waals surface area contributed by atoms with Crippen LogP contribution in [0.1, 0.15) is 12.8 Å². The Labute approximate surface area is 157 Å². The van der Waals surface area contributed by atoms with Gasteiger partial charge < -0.3 is 9.88 Å². The van der Waals surface area contributed by atoms with Gasteiger partial charge in [-0.3, -0.25) is 0 Å². The van der Waals surface area contributed by atoms with E-state index in [1.807, 2.05) is 19.3 Å². The molecule has 1 fully saturated rings. The van der Waals surface area contributed by atoms with Crippen LogP contribution in [-0.4, -0.2) is 42.2 Å². The molecule has 26 heavy (non-hydrogen) atoms. The predicted molar refractivity (Wildman–Crippen MR) is 102 cm³/mol. The zero-order valence-electron chi connectivity index (χ0n) is 14.3. The number of nitrogens with one attached hydrogen (secondary N) is 1. The van der Waals surface area contributed by atoms with E-state index in [-0.39, 0.29) is 27.6 Å². The van der Waals surface area contributed by atoms with Crippen LogP contribution >= 0.6 is 11.6 Å². The highest BCUT2D eigenvalue weighted by molar-refractivity contribution is 7.91. The van der Waals surface area contributed by atoms with Gasteiger partial charge in [-0.1, -0.05) is 23.7 Å². The van der Waals surface area contributed by atoms with Crippen molar-refractivity contribution in [2.75, 3.05) is 17.7 Å². The Bertz CT molecular complexity index is 1040. The molecule has 0 bridgehead atoms. The number of hydrogen-bond donors (Lipinski definition) is 1. The van der Waals surface area contributed by atoms with Crippen LogP contribution in [0.5, 0.6) is 0 Å². The summed E-state index contributed by atoms with van der Waals surface area (Å²) in [5, 5.41) is 1.26. The molecule has 0 spiro atoms. The summed E-state index contributed by atoms with van der Waals surface area (Å²) in [5.74, 6) is 1.13. The monoisotopic (exact) mass is 390 g/mol. The summed E-state index contributed by atoms with van der Waals surface area (Å²) in [4.78, 5) is 14.0. The van der Waals surface area contributed by atoms with Gasteiger partial charge in [0.05, 0.1) is 21.1 Å². The van der Waals surface area contributed by atoms with Gasteiger partial charge in [0.25, 0.3) is 0 Å². The van der Waals surface area contributed by atoms with E-state index < -0.39 is 9.84 Å². The minimum absolute atomic E-state index is 0.129. The molecule has 0 radical (unpaired) electrons. The van der Waals surface area contributed by atoms with Gasteiger partial charge in [-0.2, -0.15) is 0 Å². The molecule has 0 amide bonds. The summed E-state index contributed by atoms with van der Waals surface area (Å²) in [6.45, 7) is 0. The van der Waals surface area contributed by atoms with Crippen molar-refractivity contribution in [1.82, 2.24) is 15.0 Å². The van der Waals surface area contributed by atoms with Crippen molar-refractivity contribution in [3.05, 3.63) is 47.9 Å². The second-order valence-electron chi connectivity index (χ2n) is 6.75. The maximum atomic E-state index is 12.6. The number of benzene rings is 1. The molecule has 0 atom stereocenters. The Morgan fingerprint density at radius 3 is 2.77 bits per heavy atom. The number of fused-ring (bicyclic) bond motifs is 1. The van der Waals surface area contributed by atoms with E-state index in [4.69, 9.17) is 11.6 Å². The lowest BCUT2D eigenvalue weighted by Gasteiger charge is -2.41. The lowest BCUT2D eigenvalue weighted by atomic mass is 9.81. The van der Waals surface area contributed by atoms with Crippen molar-refractivity contribution in [3.63, 3.8) is 0 Å². The number of aromatic nitrogens is 3. The molecular formula is C18H19ClN4O2S. The molecule has 1 aliphatic rings. The summed E-state index contributed by atoms with van der Waals surface area (Å²) in [5.41, 5.74) is 0.805. The van der Waals surface area contributed by atoms with Gasteiger partial charge in [-0.05, 0) is 37.0 Å². The van der Waals surface area contributed by atoms with Crippen molar-refractivity contribution in [2.24, 2.45) is 5.92 Å². The largest absolute Gasteiger partial charge is 0.356 e. The molecule has 136 valence electrons. The molecule has 1 saturated carbocycles. The van der Waals surface area contributed by atoms with E-state index in [0.29, 0.717) is 0 Å². The van der Waals surface area contributed by atoms with Crippen molar-refractivity contribution in [1.29, 1.82) is 0 Å². The molecule has 1 N–H and O–H groups in total. The number of rotatable bonds is 5.